The van der Waals surface area contributed by atoms with E-state index in [2.05, 4.69) is 36.0 Å². The zero-order valence-electron chi connectivity index (χ0n) is 11.2. The average Bonchev–Trinajstić information content (AvgIpc) is 2.28. The molecule has 4 nitrogen and oxygen atoms in total. The van der Waals surface area contributed by atoms with Gasteiger partial charge >= 0.3 is 0 Å². The number of ether oxygens (including phenoxy) is 1. The molecule has 96 valence electrons. The van der Waals surface area contributed by atoms with Gasteiger partial charge < -0.3 is 15.0 Å². The summed E-state index contributed by atoms with van der Waals surface area (Å²) < 4.78 is 5.32. The van der Waals surface area contributed by atoms with E-state index < -0.39 is 0 Å². The van der Waals surface area contributed by atoms with Crippen molar-refractivity contribution in [3.8, 4) is 0 Å². The molecule has 16 heavy (non-hydrogen) atoms. The summed E-state index contributed by atoms with van der Waals surface area (Å²) in [7, 11) is 4.00. The summed E-state index contributed by atoms with van der Waals surface area (Å²) in [4.78, 5) is 4.98. The lowest BCUT2D eigenvalue weighted by Gasteiger charge is -2.41. The minimum atomic E-state index is 0.515. The van der Waals surface area contributed by atoms with Crippen molar-refractivity contribution in [2.45, 2.75) is 25.9 Å². The van der Waals surface area contributed by atoms with Crippen LogP contribution in [0.25, 0.3) is 0 Å². The zero-order chi connectivity index (χ0) is 12.0. The van der Waals surface area contributed by atoms with Crippen LogP contribution in [-0.4, -0.2) is 75.4 Å². The molecule has 2 unspecified atom stereocenters. The van der Waals surface area contributed by atoms with E-state index in [0.717, 1.165) is 39.3 Å². The smallest absolute Gasteiger partial charge is 0.0630 e. The number of nitrogens with zero attached hydrogens (tertiary/aromatic N) is 2. The molecule has 0 amide bonds. The highest BCUT2D eigenvalue weighted by atomic mass is 16.5. The van der Waals surface area contributed by atoms with Crippen molar-refractivity contribution in [2.75, 3.05) is 53.5 Å². The van der Waals surface area contributed by atoms with Crippen LogP contribution < -0.4 is 5.32 Å². The van der Waals surface area contributed by atoms with Crippen molar-refractivity contribution in [3.05, 3.63) is 0 Å². The number of likely N-dealkylation sites (N-methyl/N-ethyl adjacent to an activating group) is 2. The summed E-state index contributed by atoms with van der Waals surface area (Å²) in [6, 6.07) is 1.16. The Hall–Kier alpha value is -0.160. The van der Waals surface area contributed by atoms with Crippen LogP contribution in [0.5, 0.6) is 0 Å². The number of hydrogen-bond donors (Lipinski definition) is 1. The van der Waals surface area contributed by atoms with E-state index in [1.807, 2.05) is 0 Å². The monoisotopic (exact) mass is 229 g/mol. The molecule has 1 N–H and O–H groups in total. The first kappa shape index (κ1) is 13.9. The van der Waals surface area contributed by atoms with E-state index in [0.29, 0.717) is 12.1 Å². The number of nitrogens with one attached hydrogen (secondary N) is 1. The molecule has 0 saturated carbocycles. The Kier molecular flexibility index (Phi) is 6.28. The second-order valence-electron chi connectivity index (χ2n) is 4.74. The molecular weight excluding hydrogens is 202 g/mol. The fourth-order valence-electron chi connectivity index (χ4n) is 2.21. The lowest BCUT2D eigenvalue weighted by atomic mass is 10.1. The lowest BCUT2D eigenvalue weighted by molar-refractivity contribution is 0.0346. The predicted molar refractivity (Wildman–Crippen MR) is 67.9 cm³/mol. The molecule has 0 aliphatic carbocycles. The Morgan fingerprint density at radius 1 is 1.44 bits per heavy atom. The number of rotatable bonds is 6. The molecule has 1 fully saturated rings. The van der Waals surface area contributed by atoms with Gasteiger partial charge in [-0.3, -0.25) is 4.90 Å². The molecule has 0 aromatic heterocycles. The lowest BCUT2D eigenvalue weighted by Crippen LogP contribution is -2.56. The number of methoxy groups -OCH3 is 1. The van der Waals surface area contributed by atoms with Gasteiger partial charge in [0.05, 0.1) is 6.61 Å². The van der Waals surface area contributed by atoms with Gasteiger partial charge in [0.2, 0.25) is 0 Å². The van der Waals surface area contributed by atoms with Crippen LogP contribution >= 0.6 is 0 Å². The second kappa shape index (κ2) is 7.22. The minimum Gasteiger partial charge on any atom is -0.383 e. The Morgan fingerprint density at radius 3 is 2.75 bits per heavy atom. The van der Waals surface area contributed by atoms with Gasteiger partial charge in [-0.05, 0) is 20.5 Å². The van der Waals surface area contributed by atoms with Crippen molar-refractivity contribution >= 4 is 0 Å². The van der Waals surface area contributed by atoms with Gasteiger partial charge in [0, 0.05) is 45.4 Å². The van der Waals surface area contributed by atoms with Gasteiger partial charge in [0.15, 0.2) is 0 Å². The molecule has 0 radical (unpaired) electrons. The standard InChI is InChI=1S/C12H27N3O/c1-5-13-8-12(10-16-4)15-7-6-14(3)11(2)9-15/h11-13H,5-10H2,1-4H3. The van der Waals surface area contributed by atoms with Crippen LogP contribution in [0, 0.1) is 0 Å². The van der Waals surface area contributed by atoms with Gasteiger partial charge in [0.25, 0.3) is 0 Å². The Labute approximate surface area is 99.9 Å². The van der Waals surface area contributed by atoms with E-state index in [1.54, 1.807) is 7.11 Å². The van der Waals surface area contributed by atoms with Crippen LogP contribution in [0.1, 0.15) is 13.8 Å². The highest BCUT2D eigenvalue weighted by molar-refractivity contribution is 4.83. The Balaban J connectivity index is 2.43. The van der Waals surface area contributed by atoms with Gasteiger partial charge in [-0.2, -0.15) is 0 Å². The van der Waals surface area contributed by atoms with E-state index in [-0.39, 0.29) is 0 Å². The largest absolute Gasteiger partial charge is 0.383 e. The van der Waals surface area contributed by atoms with Crippen molar-refractivity contribution in [1.29, 1.82) is 0 Å². The summed E-state index contributed by atoms with van der Waals surface area (Å²) >= 11 is 0. The summed E-state index contributed by atoms with van der Waals surface area (Å²) in [5, 5.41) is 3.42. The molecule has 0 aromatic rings. The van der Waals surface area contributed by atoms with Gasteiger partial charge in [-0.15, -0.1) is 0 Å². The average molecular weight is 229 g/mol. The molecule has 1 saturated heterocycles. The predicted octanol–water partition coefficient (Wildman–Crippen LogP) is 0.247. The van der Waals surface area contributed by atoms with Crippen LogP contribution in [0.15, 0.2) is 0 Å². The van der Waals surface area contributed by atoms with Crippen molar-refractivity contribution in [1.82, 2.24) is 15.1 Å². The van der Waals surface area contributed by atoms with Crippen LogP contribution in [0.2, 0.25) is 0 Å². The van der Waals surface area contributed by atoms with E-state index >= 15 is 0 Å². The van der Waals surface area contributed by atoms with Gasteiger partial charge in [-0.25, -0.2) is 0 Å². The third-order valence-corrected chi connectivity index (χ3v) is 3.50. The van der Waals surface area contributed by atoms with Crippen LogP contribution in [0.3, 0.4) is 0 Å². The molecule has 2 atom stereocenters. The first-order chi connectivity index (χ1) is 7.69. The van der Waals surface area contributed by atoms with Crippen LogP contribution in [0.4, 0.5) is 0 Å². The maximum atomic E-state index is 5.32. The number of piperazine rings is 1. The molecule has 4 heteroatoms. The summed E-state index contributed by atoms with van der Waals surface area (Å²) in [6.07, 6.45) is 0. The Morgan fingerprint density at radius 2 is 2.19 bits per heavy atom. The molecule has 1 aliphatic heterocycles. The quantitative estimate of drug-likeness (QED) is 0.706. The molecular formula is C12H27N3O. The van der Waals surface area contributed by atoms with Gasteiger partial charge in [-0.1, -0.05) is 6.92 Å². The maximum Gasteiger partial charge on any atom is 0.0630 e. The molecule has 1 heterocycles. The highest BCUT2D eigenvalue weighted by Crippen LogP contribution is 2.10. The molecule has 1 aliphatic rings. The summed E-state index contributed by atoms with van der Waals surface area (Å²) in [5.41, 5.74) is 0. The third-order valence-electron chi connectivity index (χ3n) is 3.50. The minimum absolute atomic E-state index is 0.515. The van der Waals surface area contributed by atoms with E-state index in [4.69, 9.17) is 4.74 Å². The van der Waals surface area contributed by atoms with Crippen molar-refractivity contribution in [2.24, 2.45) is 0 Å². The maximum absolute atomic E-state index is 5.32. The first-order valence-electron chi connectivity index (χ1n) is 6.33. The topological polar surface area (TPSA) is 27.7 Å². The fourth-order valence-corrected chi connectivity index (χ4v) is 2.21. The third kappa shape index (κ3) is 4.01. The molecule has 0 aromatic carbocycles. The SMILES string of the molecule is CCNCC(COC)N1CCN(C)C(C)C1. The van der Waals surface area contributed by atoms with Crippen molar-refractivity contribution in [3.63, 3.8) is 0 Å². The van der Waals surface area contributed by atoms with Crippen molar-refractivity contribution < 1.29 is 4.74 Å². The zero-order valence-corrected chi connectivity index (χ0v) is 11.2. The van der Waals surface area contributed by atoms with E-state index in [9.17, 15) is 0 Å². The summed E-state index contributed by atoms with van der Waals surface area (Å²) in [5.74, 6) is 0. The van der Waals surface area contributed by atoms with E-state index in [1.165, 1.54) is 0 Å². The highest BCUT2D eigenvalue weighted by Gasteiger charge is 2.25. The van der Waals surface area contributed by atoms with Crippen LogP contribution in [-0.2, 0) is 4.74 Å². The molecule has 1 rings (SSSR count). The van der Waals surface area contributed by atoms with Gasteiger partial charge in [0.1, 0.15) is 0 Å². The molecule has 0 spiro atoms. The Bertz CT molecular complexity index is 187. The molecule has 0 bridgehead atoms. The summed E-state index contributed by atoms with van der Waals surface area (Å²) in [6.45, 7) is 10.8. The first-order valence-corrected chi connectivity index (χ1v) is 6.33. The second-order valence-corrected chi connectivity index (χ2v) is 4.74. The fraction of sp³-hybridized carbons (Fsp3) is 1.00. The normalized spacial score (nSPS) is 25.9. The number of hydrogen-bond acceptors (Lipinski definition) is 4.